The van der Waals surface area contributed by atoms with Crippen LogP contribution in [0.3, 0.4) is 0 Å². The molecule has 9 heteroatoms. The molecule has 0 saturated carbocycles. The maximum Gasteiger partial charge on any atom is 0.326 e. The summed E-state index contributed by atoms with van der Waals surface area (Å²) in [4.78, 5) is 38.0. The van der Waals surface area contributed by atoms with Crippen LogP contribution in [0.1, 0.15) is 29.8 Å². The van der Waals surface area contributed by atoms with Crippen molar-refractivity contribution in [2.45, 2.75) is 26.4 Å². The van der Waals surface area contributed by atoms with Crippen molar-refractivity contribution >= 4 is 29.3 Å². The normalized spacial score (nSPS) is 13.5. The molecule has 1 aliphatic heterocycles. The maximum absolute atomic E-state index is 13.7. The number of nitrogens with one attached hydrogen (secondary N) is 2. The summed E-state index contributed by atoms with van der Waals surface area (Å²) in [5, 5.41) is 14.5. The van der Waals surface area contributed by atoms with E-state index in [4.69, 9.17) is 0 Å². The lowest BCUT2D eigenvalue weighted by molar-refractivity contribution is -0.144. The standard InChI is InChI=1S/C26H23F2N3O4/c1-14(2)23(25(33)34)31-13-17-11-16(5-9-20(17)24(31)32)15-3-7-19(8-4-15)29-26(35)30-22-10-6-18(27)12-21(22)28/h3-12,14,23H,13H2,1-2H3,(H,33,34)(H2,29,30,35). The van der Waals surface area contributed by atoms with Crippen molar-refractivity contribution in [3.8, 4) is 11.1 Å². The highest BCUT2D eigenvalue weighted by Gasteiger charge is 2.38. The van der Waals surface area contributed by atoms with Crippen LogP contribution in [-0.4, -0.2) is 34.0 Å². The number of benzene rings is 3. The lowest BCUT2D eigenvalue weighted by Crippen LogP contribution is -2.44. The molecule has 3 aromatic rings. The van der Waals surface area contributed by atoms with Gasteiger partial charge in [-0.2, -0.15) is 0 Å². The van der Waals surface area contributed by atoms with E-state index in [0.717, 1.165) is 28.8 Å². The first kappa shape index (κ1) is 23.9. The van der Waals surface area contributed by atoms with Gasteiger partial charge in [-0.3, -0.25) is 4.79 Å². The summed E-state index contributed by atoms with van der Waals surface area (Å²) in [7, 11) is 0. The Labute approximate surface area is 200 Å². The maximum atomic E-state index is 13.7. The van der Waals surface area contributed by atoms with Gasteiger partial charge in [0.1, 0.15) is 17.7 Å². The molecule has 0 bridgehead atoms. The Kier molecular flexibility index (Phi) is 6.50. The zero-order chi connectivity index (χ0) is 25.3. The lowest BCUT2D eigenvalue weighted by Gasteiger charge is -2.27. The molecule has 0 radical (unpaired) electrons. The summed E-state index contributed by atoms with van der Waals surface area (Å²) in [6.07, 6.45) is 0. The van der Waals surface area contributed by atoms with E-state index < -0.39 is 29.7 Å². The molecule has 7 nitrogen and oxygen atoms in total. The Morgan fingerprint density at radius 3 is 2.26 bits per heavy atom. The molecule has 3 N–H and O–H groups in total. The average Bonchev–Trinajstić information content (AvgIpc) is 3.11. The lowest BCUT2D eigenvalue weighted by atomic mass is 10.0. The van der Waals surface area contributed by atoms with Gasteiger partial charge in [0.05, 0.1) is 5.69 Å². The molecule has 0 fully saturated rings. The van der Waals surface area contributed by atoms with E-state index in [-0.39, 0.29) is 24.1 Å². The molecule has 4 rings (SSSR count). The van der Waals surface area contributed by atoms with Crippen LogP contribution in [0, 0.1) is 17.6 Å². The molecule has 1 unspecified atom stereocenters. The highest BCUT2D eigenvalue weighted by atomic mass is 19.1. The number of carboxylic acid groups (broad SMARTS) is 1. The third-order valence-electron chi connectivity index (χ3n) is 5.81. The first-order valence-corrected chi connectivity index (χ1v) is 10.9. The second-order valence-corrected chi connectivity index (χ2v) is 8.61. The third kappa shape index (κ3) is 4.98. The van der Waals surface area contributed by atoms with Gasteiger partial charge in [0, 0.05) is 23.9 Å². The number of hydrogen-bond acceptors (Lipinski definition) is 3. The molecule has 0 spiro atoms. The molecule has 3 aromatic carbocycles. The zero-order valence-corrected chi connectivity index (χ0v) is 19.0. The number of hydrogen-bond donors (Lipinski definition) is 3. The summed E-state index contributed by atoms with van der Waals surface area (Å²) in [5.41, 5.74) is 3.21. The van der Waals surface area contributed by atoms with Crippen molar-refractivity contribution in [1.82, 2.24) is 4.90 Å². The number of fused-ring (bicyclic) bond motifs is 1. The Hall–Kier alpha value is -4.27. The van der Waals surface area contributed by atoms with E-state index in [1.54, 1.807) is 50.2 Å². The fraction of sp³-hybridized carbons (Fsp3) is 0.192. The minimum atomic E-state index is -1.03. The van der Waals surface area contributed by atoms with Gasteiger partial charge in [-0.1, -0.05) is 32.0 Å². The number of urea groups is 1. The van der Waals surface area contributed by atoms with E-state index in [1.165, 1.54) is 4.90 Å². The number of carbonyl (C=O) groups excluding carboxylic acids is 2. The first-order chi connectivity index (χ1) is 16.6. The van der Waals surface area contributed by atoms with Gasteiger partial charge in [0.25, 0.3) is 5.91 Å². The Balaban J connectivity index is 1.46. The van der Waals surface area contributed by atoms with Gasteiger partial charge in [0.15, 0.2) is 0 Å². The molecule has 0 aromatic heterocycles. The van der Waals surface area contributed by atoms with Crippen LogP contribution < -0.4 is 10.6 Å². The number of anilines is 2. The van der Waals surface area contributed by atoms with E-state index in [9.17, 15) is 28.3 Å². The molecule has 1 aliphatic rings. The van der Waals surface area contributed by atoms with E-state index in [0.29, 0.717) is 17.3 Å². The van der Waals surface area contributed by atoms with Crippen LogP contribution in [0.4, 0.5) is 25.0 Å². The number of aliphatic carboxylic acids is 1. The van der Waals surface area contributed by atoms with Crippen molar-refractivity contribution in [2.75, 3.05) is 10.6 Å². The highest BCUT2D eigenvalue weighted by molar-refractivity contribution is 6.01. The molecular formula is C26H23F2N3O4. The summed E-state index contributed by atoms with van der Waals surface area (Å²) in [6.45, 7) is 3.76. The molecule has 0 aliphatic carbocycles. The molecular weight excluding hydrogens is 456 g/mol. The van der Waals surface area contributed by atoms with Gasteiger partial charge < -0.3 is 20.6 Å². The second-order valence-electron chi connectivity index (χ2n) is 8.61. The number of carbonyl (C=O) groups is 3. The van der Waals surface area contributed by atoms with Crippen molar-refractivity contribution in [3.05, 3.63) is 83.4 Å². The predicted octanol–water partition coefficient (Wildman–Crippen LogP) is 5.34. The summed E-state index contributed by atoms with van der Waals surface area (Å²) >= 11 is 0. The smallest absolute Gasteiger partial charge is 0.326 e. The topological polar surface area (TPSA) is 98.7 Å². The average molecular weight is 479 g/mol. The second kappa shape index (κ2) is 9.54. The van der Waals surface area contributed by atoms with Gasteiger partial charge >= 0.3 is 12.0 Å². The monoisotopic (exact) mass is 479 g/mol. The SMILES string of the molecule is CC(C)C(C(=O)O)N1Cc2cc(-c3ccc(NC(=O)Nc4ccc(F)cc4F)cc3)ccc2C1=O. The van der Waals surface area contributed by atoms with E-state index in [2.05, 4.69) is 10.6 Å². The summed E-state index contributed by atoms with van der Waals surface area (Å²) in [5.74, 6) is -3.19. The first-order valence-electron chi connectivity index (χ1n) is 10.9. The van der Waals surface area contributed by atoms with Crippen molar-refractivity contribution in [1.29, 1.82) is 0 Å². The molecule has 1 atom stereocenters. The molecule has 0 saturated heterocycles. The van der Waals surface area contributed by atoms with Crippen LogP contribution in [0.15, 0.2) is 60.7 Å². The number of amides is 3. The fourth-order valence-corrected chi connectivity index (χ4v) is 4.15. The predicted molar refractivity (Wildman–Crippen MR) is 127 cm³/mol. The van der Waals surface area contributed by atoms with Crippen LogP contribution in [0.5, 0.6) is 0 Å². The highest BCUT2D eigenvalue weighted by Crippen LogP contribution is 2.31. The van der Waals surface area contributed by atoms with Crippen LogP contribution in [-0.2, 0) is 11.3 Å². The number of halogens is 2. The van der Waals surface area contributed by atoms with Gasteiger partial charge in [0.2, 0.25) is 0 Å². The minimum Gasteiger partial charge on any atom is -0.480 e. The van der Waals surface area contributed by atoms with Gasteiger partial charge in [-0.05, 0) is 59.0 Å². The summed E-state index contributed by atoms with van der Waals surface area (Å²) in [6, 6.07) is 13.5. The van der Waals surface area contributed by atoms with Crippen LogP contribution in [0.2, 0.25) is 0 Å². The van der Waals surface area contributed by atoms with Gasteiger partial charge in [-0.25, -0.2) is 18.4 Å². The minimum absolute atomic E-state index is 0.148. The number of carboxylic acids is 1. The van der Waals surface area contributed by atoms with E-state index in [1.807, 2.05) is 6.07 Å². The van der Waals surface area contributed by atoms with Crippen molar-refractivity contribution in [2.24, 2.45) is 5.92 Å². The van der Waals surface area contributed by atoms with Crippen molar-refractivity contribution in [3.63, 3.8) is 0 Å². The third-order valence-corrected chi connectivity index (χ3v) is 5.81. The number of rotatable bonds is 6. The van der Waals surface area contributed by atoms with Crippen LogP contribution in [0.25, 0.3) is 11.1 Å². The number of nitrogens with zero attached hydrogens (tertiary/aromatic N) is 1. The van der Waals surface area contributed by atoms with Crippen molar-refractivity contribution < 1.29 is 28.3 Å². The zero-order valence-electron chi connectivity index (χ0n) is 19.0. The Morgan fingerprint density at radius 2 is 1.63 bits per heavy atom. The fourth-order valence-electron chi connectivity index (χ4n) is 4.15. The van der Waals surface area contributed by atoms with E-state index >= 15 is 0 Å². The molecule has 35 heavy (non-hydrogen) atoms. The Morgan fingerprint density at radius 1 is 0.943 bits per heavy atom. The molecule has 180 valence electrons. The Bertz CT molecular complexity index is 1310. The quantitative estimate of drug-likeness (QED) is 0.444. The molecule has 1 heterocycles. The summed E-state index contributed by atoms with van der Waals surface area (Å²) < 4.78 is 26.7. The van der Waals surface area contributed by atoms with Crippen LogP contribution >= 0.6 is 0 Å². The largest absolute Gasteiger partial charge is 0.480 e. The molecule has 3 amide bonds. The van der Waals surface area contributed by atoms with Gasteiger partial charge in [-0.15, -0.1) is 0 Å².